The quantitative estimate of drug-likeness (QED) is 0.203. The van der Waals surface area contributed by atoms with E-state index in [9.17, 15) is 0 Å². The van der Waals surface area contributed by atoms with Crippen LogP contribution in [0, 0.1) is 0 Å². The summed E-state index contributed by atoms with van der Waals surface area (Å²) in [6.07, 6.45) is 6.17. The van der Waals surface area contributed by atoms with Crippen LogP contribution in [0.4, 0.5) is 5.69 Å². The van der Waals surface area contributed by atoms with Crippen LogP contribution in [0.3, 0.4) is 0 Å². The first kappa shape index (κ1) is 24.8. The van der Waals surface area contributed by atoms with Crippen LogP contribution in [0.1, 0.15) is 0 Å². The van der Waals surface area contributed by atoms with Crippen molar-refractivity contribution >= 4 is 80.8 Å². The Morgan fingerprint density at radius 1 is 0.578 bits per heavy atom. The highest BCUT2D eigenvalue weighted by molar-refractivity contribution is 7.26. The van der Waals surface area contributed by atoms with E-state index in [0.29, 0.717) is 0 Å². The zero-order valence-electron chi connectivity index (χ0n) is 24.6. The molecule has 10 rings (SSSR count). The minimum Gasteiger partial charge on any atom is -0.361 e. The highest BCUT2D eigenvalue weighted by atomic mass is 32.1. The predicted octanol–water partition coefficient (Wildman–Crippen LogP) is 9.82. The summed E-state index contributed by atoms with van der Waals surface area (Å²) in [5, 5.41) is 7.56. The zero-order valence-corrected chi connectivity index (χ0v) is 25.4. The van der Waals surface area contributed by atoms with Crippen molar-refractivity contribution in [1.29, 1.82) is 0 Å². The lowest BCUT2D eigenvalue weighted by Crippen LogP contribution is -2.21. The minimum atomic E-state index is 0.841. The van der Waals surface area contributed by atoms with Crippen molar-refractivity contribution in [2.75, 3.05) is 18.6 Å². The van der Waals surface area contributed by atoms with Crippen LogP contribution in [0.25, 0.3) is 75.3 Å². The van der Waals surface area contributed by atoms with E-state index in [0.717, 1.165) is 23.7 Å². The number of fused-ring (bicyclic) bond motifs is 10. The monoisotopic (exact) mass is 597 g/mol. The van der Waals surface area contributed by atoms with Crippen molar-refractivity contribution in [3.63, 3.8) is 0 Å². The van der Waals surface area contributed by atoms with Gasteiger partial charge in [-0.05, 0) is 54.6 Å². The molecule has 0 N–H and O–H groups in total. The number of hydrogen-bond donors (Lipinski definition) is 0. The third-order valence-electron chi connectivity index (χ3n) is 9.25. The molecular weight excluding hydrogens is 571 g/mol. The molecule has 0 aliphatic carbocycles. The first-order valence-corrected chi connectivity index (χ1v) is 16.0. The normalized spacial score (nSPS) is 13.6. The summed E-state index contributed by atoms with van der Waals surface area (Å²) in [5.41, 5.74) is 7.07. The van der Waals surface area contributed by atoms with Gasteiger partial charge in [0.2, 0.25) is 0 Å². The molecule has 5 aromatic carbocycles. The molecule has 5 nitrogen and oxygen atoms in total. The van der Waals surface area contributed by atoms with Gasteiger partial charge in [-0.3, -0.25) is 4.57 Å². The molecule has 0 fully saturated rings. The Hall–Kier alpha value is -5.59. The molecule has 0 radical (unpaired) electrons. The van der Waals surface area contributed by atoms with Gasteiger partial charge in [0.1, 0.15) is 5.82 Å². The molecule has 1 aliphatic rings. The molecule has 0 amide bonds. The van der Waals surface area contributed by atoms with E-state index in [2.05, 4.69) is 148 Å². The molecule has 0 spiro atoms. The predicted molar refractivity (Wildman–Crippen MR) is 190 cm³/mol. The van der Waals surface area contributed by atoms with Crippen molar-refractivity contribution in [2.45, 2.75) is 0 Å². The molecule has 6 heteroatoms. The number of hydrogen-bond acceptors (Lipinski definition) is 4. The average molecular weight is 598 g/mol. The van der Waals surface area contributed by atoms with E-state index in [1.165, 1.54) is 64.0 Å². The Morgan fingerprint density at radius 2 is 1.29 bits per heavy atom. The van der Waals surface area contributed by atoms with Crippen LogP contribution in [0.5, 0.6) is 0 Å². The Labute approximate surface area is 263 Å². The second-order valence-electron chi connectivity index (χ2n) is 11.9. The Balaban J connectivity index is 1.31. The second-order valence-corrected chi connectivity index (χ2v) is 13.0. The van der Waals surface area contributed by atoms with Gasteiger partial charge in [0.25, 0.3) is 0 Å². The number of pyridine rings is 1. The maximum atomic E-state index is 4.89. The molecule has 0 unspecified atom stereocenters. The van der Waals surface area contributed by atoms with Crippen LogP contribution in [0.15, 0.2) is 134 Å². The smallest absolute Gasteiger partial charge is 0.137 e. The van der Waals surface area contributed by atoms with E-state index < -0.39 is 0 Å². The summed E-state index contributed by atoms with van der Waals surface area (Å²) in [6.45, 7) is 0.841. The lowest BCUT2D eigenvalue weighted by molar-refractivity contribution is 0.496. The second kappa shape index (κ2) is 9.21. The summed E-state index contributed by atoms with van der Waals surface area (Å²) in [6, 6.07) is 42.0. The van der Waals surface area contributed by atoms with Crippen LogP contribution in [0.2, 0.25) is 0 Å². The van der Waals surface area contributed by atoms with E-state index >= 15 is 0 Å². The SMILES string of the molecule is CN1C=CN(c2ccc3c4ccccc4n(-c4ccc5c6ccc7sc8ccccc8c7c6n(-c6ccccn6)c5c4)c3c2)C1. The van der Waals surface area contributed by atoms with E-state index in [-0.39, 0.29) is 0 Å². The number of nitrogens with zero attached hydrogens (tertiary/aromatic N) is 5. The highest BCUT2D eigenvalue weighted by Gasteiger charge is 2.21. The summed E-state index contributed by atoms with van der Waals surface area (Å²) < 4.78 is 7.39. The highest BCUT2D eigenvalue weighted by Crippen LogP contribution is 2.44. The molecule has 0 bridgehead atoms. The topological polar surface area (TPSA) is 29.2 Å². The Bertz CT molecular complexity index is 2660. The molecule has 45 heavy (non-hydrogen) atoms. The molecule has 0 saturated carbocycles. The van der Waals surface area contributed by atoms with Gasteiger partial charge in [-0.1, -0.05) is 60.7 Å². The molecule has 214 valence electrons. The van der Waals surface area contributed by atoms with Crippen LogP contribution >= 0.6 is 11.3 Å². The number of aromatic nitrogens is 3. The zero-order chi connectivity index (χ0) is 29.6. The largest absolute Gasteiger partial charge is 0.361 e. The van der Waals surface area contributed by atoms with Crippen LogP contribution in [-0.4, -0.2) is 32.7 Å². The summed E-state index contributed by atoms with van der Waals surface area (Å²) in [7, 11) is 2.11. The number of para-hydroxylation sites is 1. The van der Waals surface area contributed by atoms with Gasteiger partial charge in [-0.2, -0.15) is 0 Å². The van der Waals surface area contributed by atoms with Crippen LogP contribution < -0.4 is 4.90 Å². The van der Waals surface area contributed by atoms with Gasteiger partial charge in [0.05, 0.1) is 28.7 Å². The van der Waals surface area contributed by atoms with Gasteiger partial charge in [0, 0.05) is 78.7 Å². The first-order valence-electron chi connectivity index (χ1n) is 15.2. The molecule has 0 saturated heterocycles. The van der Waals surface area contributed by atoms with Gasteiger partial charge < -0.3 is 14.4 Å². The Morgan fingerprint density at radius 3 is 2.13 bits per heavy atom. The van der Waals surface area contributed by atoms with E-state index in [1.54, 1.807) is 0 Å². The lowest BCUT2D eigenvalue weighted by atomic mass is 10.1. The summed E-state index contributed by atoms with van der Waals surface area (Å²) in [4.78, 5) is 9.37. The van der Waals surface area contributed by atoms with Gasteiger partial charge in [-0.25, -0.2) is 4.98 Å². The fourth-order valence-electron chi connectivity index (χ4n) is 7.28. The fraction of sp³-hybridized carbons (Fsp3) is 0.0513. The minimum absolute atomic E-state index is 0.841. The van der Waals surface area contributed by atoms with E-state index in [4.69, 9.17) is 4.98 Å². The summed E-state index contributed by atoms with van der Waals surface area (Å²) >= 11 is 1.86. The molecule has 0 atom stereocenters. The first-order chi connectivity index (χ1) is 22.2. The van der Waals surface area contributed by atoms with E-state index in [1.807, 2.05) is 23.6 Å². The number of benzene rings is 5. The summed E-state index contributed by atoms with van der Waals surface area (Å²) in [5.74, 6) is 0.923. The maximum absolute atomic E-state index is 4.89. The number of rotatable bonds is 3. The molecular formula is C39H27N5S. The maximum Gasteiger partial charge on any atom is 0.137 e. The van der Waals surface area contributed by atoms with Gasteiger partial charge in [-0.15, -0.1) is 11.3 Å². The standard InChI is InChI=1S/C39H27N5S/c1-41-20-21-42(24-41)25-13-15-28-27-8-2-4-10-32(27)43(33(28)22-25)26-14-16-29-30-17-18-36-38(31-9-3-5-11-35(31)45-36)39(30)44(34(29)23-26)37-12-6-7-19-40-37/h2-23H,24H2,1H3. The lowest BCUT2D eigenvalue weighted by Gasteiger charge is -2.19. The molecule has 1 aliphatic heterocycles. The van der Waals surface area contributed by atoms with Gasteiger partial charge in [0.15, 0.2) is 0 Å². The average Bonchev–Trinajstić information content (AvgIpc) is 3.84. The van der Waals surface area contributed by atoms with Crippen molar-refractivity contribution in [2.24, 2.45) is 0 Å². The van der Waals surface area contributed by atoms with Crippen molar-refractivity contribution < 1.29 is 0 Å². The van der Waals surface area contributed by atoms with Crippen molar-refractivity contribution in [1.82, 2.24) is 19.0 Å². The molecule has 9 aromatic rings. The third kappa shape index (κ3) is 3.51. The van der Waals surface area contributed by atoms with Crippen molar-refractivity contribution in [3.05, 3.63) is 134 Å². The molecule has 5 heterocycles. The number of anilines is 1. The van der Waals surface area contributed by atoms with Crippen molar-refractivity contribution in [3.8, 4) is 11.5 Å². The third-order valence-corrected chi connectivity index (χ3v) is 10.4. The van der Waals surface area contributed by atoms with Gasteiger partial charge >= 0.3 is 0 Å². The Kier molecular flexibility index (Phi) is 5.08. The number of thiophene rings is 1. The van der Waals surface area contributed by atoms with Crippen LogP contribution in [-0.2, 0) is 0 Å². The fourth-order valence-corrected chi connectivity index (χ4v) is 8.39. The molecule has 4 aromatic heterocycles.